The van der Waals surface area contributed by atoms with Crippen LogP contribution in [0.15, 0.2) is 0 Å². The van der Waals surface area contributed by atoms with Crippen LogP contribution in [-0.4, -0.2) is 30.7 Å². The molecule has 1 aliphatic rings. The molecule has 17 heavy (non-hydrogen) atoms. The van der Waals surface area contributed by atoms with Crippen LogP contribution in [0.25, 0.3) is 0 Å². The highest BCUT2D eigenvalue weighted by molar-refractivity contribution is 5.83. The first-order valence-corrected chi connectivity index (χ1v) is 6.44. The molecule has 4 nitrogen and oxygen atoms in total. The Balaban J connectivity index is 2.43. The second-order valence-corrected chi connectivity index (χ2v) is 6.05. The molecule has 0 aromatic rings. The highest BCUT2D eigenvalue weighted by Gasteiger charge is 2.40. The predicted molar refractivity (Wildman–Crippen MR) is 68.6 cm³/mol. The Kier molecular flexibility index (Phi) is 4.55. The molecule has 0 spiro atoms. The van der Waals surface area contributed by atoms with Gasteiger partial charge in [0, 0.05) is 18.7 Å². The maximum Gasteiger partial charge on any atom is 0.227 e. The standard InChI is InChI=1S/C13H26N2O2/c1-12(2,13(3,4)14)11(16)15-9-10-7-5-6-8-17-10/h10H,5-9,14H2,1-4H3,(H,15,16). The molecular formula is C13H26N2O2. The largest absolute Gasteiger partial charge is 0.376 e. The van der Waals surface area contributed by atoms with Crippen LogP contribution in [0.3, 0.4) is 0 Å². The molecule has 0 radical (unpaired) electrons. The maximum atomic E-state index is 12.1. The number of ether oxygens (including phenoxy) is 1. The Morgan fingerprint density at radius 2 is 2.00 bits per heavy atom. The number of carbonyl (C=O) groups excluding carboxylic acids is 1. The fraction of sp³-hybridized carbons (Fsp3) is 0.923. The molecule has 1 fully saturated rings. The summed E-state index contributed by atoms with van der Waals surface area (Å²) in [6, 6.07) is 0. The molecule has 0 aromatic heterocycles. The minimum absolute atomic E-state index is 0.000765. The first-order valence-electron chi connectivity index (χ1n) is 6.44. The Morgan fingerprint density at radius 3 is 2.47 bits per heavy atom. The van der Waals surface area contributed by atoms with Gasteiger partial charge in [-0.15, -0.1) is 0 Å². The van der Waals surface area contributed by atoms with Crippen molar-refractivity contribution in [1.82, 2.24) is 5.32 Å². The zero-order valence-corrected chi connectivity index (χ0v) is 11.5. The summed E-state index contributed by atoms with van der Waals surface area (Å²) in [5.74, 6) is -0.000765. The van der Waals surface area contributed by atoms with Gasteiger partial charge in [0.2, 0.25) is 5.91 Å². The quantitative estimate of drug-likeness (QED) is 0.784. The molecule has 1 aliphatic heterocycles. The second-order valence-electron chi connectivity index (χ2n) is 6.05. The molecule has 1 saturated heterocycles. The van der Waals surface area contributed by atoms with E-state index in [-0.39, 0.29) is 12.0 Å². The van der Waals surface area contributed by atoms with Crippen molar-refractivity contribution in [3.63, 3.8) is 0 Å². The van der Waals surface area contributed by atoms with Crippen molar-refractivity contribution in [2.24, 2.45) is 11.1 Å². The summed E-state index contributed by atoms with van der Waals surface area (Å²) in [7, 11) is 0. The van der Waals surface area contributed by atoms with Gasteiger partial charge in [0.25, 0.3) is 0 Å². The third kappa shape index (κ3) is 3.68. The van der Waals surface area contributed by atoms with E-state index in [2.05, 4.69) is 5.32 Å². The van der Waals surface area contributed by atoms with E-state index in [1.807, 2.05) is 27.7 Å². The Morgan fingerprint density at radius 1 is 1.35 bits per heavy atom. The van der Waals surface area contributed by atoms with E-state index in [9.17, 15) is 4.79 Å². The van der Waals surface area contributed by atoms with Crippen LogP contribution in [0.4, 0.5) is 0 Å². The molecule has 4 heteroatoms. The smallest absolute Gasteiger partial charge is 0.227 e. The van der Waals surface area contributed by atoms with Crippen LogP contribution in [0.5, 0.6) is 0 Å². The fourth-order valence-electron chi connectivity index (χ4n) is 1.69. The maximum absolute atomic E-state index is 12.1. The summed E-state index contributed by atoms with van der Waals surface area (Å²) in [6.07, 6.45) is 3.52. The van der Waals surface area contributed by atoms with Crippen molar-refractivity contribution in [1.29, 1.82) is 0 Å². The van der Waals surface area contributed by atoms with Gasteiger partial charge in [0.15, 0.2) is 0 Å². The third-order valence-corrected chi connectivity index (χ3v) is 3.94. The number of nitrogens with two attached hydrogens (primary N) is 1. The molecule has 100 valence electrons. The molecule has 1 atom stereocenters. The minimum atomic E-state index is -0.582. The lowest BCUT2D eigenvalue weighted by Gasteiger charge is -2.37. The third-order valence-electron chi connectivity index (χ3n) is 3.94. The first kappa shape index (κ1) is 14.5. The predicted octanol–water partition coefficient (Wildman–Crippen LogP) is 1.44. The summed E-state index contributed by atoms with van der Waals surface area (Å²) in [5.41, 5.74) is 4.91. The van der Waals surface area contributed by atoms with Gasteiger partial charge in [-0.05, 0) is 47.0 Å². The average molecular weight is 242 g/mol. The Bertz CT molecular complexity index is 263. The van der Waals surface area contributed by atoms with Gasteiger partial charge in [-0.25, -0.2) is 0 Å². The molecule has 1 amide bonds. The van der Waals surface area contributed by atoms with E-state index < -0.39 is 11.0 Å². The Hall–Kier alpha value is -0.610. The normalized spacial score (nSPS) is 22.3. The van der Waals surface area contributed by atoms with E-state index >= 15 is 0 Å². The number of rotatable bonds is 4. The zero-order chi connectivity index (χ0) is 13.1. The van der Waals surface area contributed by atoms with Crippen LogP contribution in [0.1, 0.15) is 47.0 Å². The first-order chi connectivity index (χ1) is 7.75. The monoisotopic (exact) mass is 242 g/mol. The number of nitrogens with one attached hydrogen (secondary N) is 1. The molecule has 0 aromatic carbocycles. The van der Waals surface area contributed by atoms with Gasteiger partial charge in [-0.1, -0.05) is 0 Å². The lowest BCUT2D eigenvalue weighted by Crippen LogP contribution is -2.56. The summed E-state index contributed by atoms with van der Waals surface area (Å²) >= 11 is 0. The van der Waals surface area contributed by atoms with Crippen LogP contribution in [0, 0.1) is 5.41 Å². The summed E-state index contributed by atoms with van der Waals surface area (Å²) in [6.45, 7) is 8.92. The molecule has 3 N–H and O–H groups in total. The van der Waals surface area contributed by atoms with Crippen molar-refractivity contribution >= 4 is 5.91 Å². The average Bonchev–Trinajstić information content (AvgIpc) is 2.25. The van der Waals surface area contributed by atoms with E-state index in [4.69, 9.17) is 10.5 Å². The van der Waals surface area contributed by atoms with Crippen molar-refractivity contribution in [3.05, 3.63) is 0 Å². The molecule has 1 rings (SSSR count). The SMILES string of the molecule is CC(C)(N)C(C)(C)C(=O)NCC1CCCCO1. The second kappa shape index (κ2) is 5.36. The van der Waals surface area contributed by atoms with Gasteiger partial charge >= 0.3 is 0 Å². The van der Waals surface area contributed by atoms with E-state index in [0.717, 1.165) is 19.4 Å². The molecule has 1 unspecified atom stereocenters. The van der Waals surface area contributed by atoms with E-state index in [1.54, 1.807) is 0 Å². The molecule has 0 bridgehead atoms. The van der Waals surface area contributed by atoms with Crippen LogP contribution in [0.2, 0.25) is 0 Å². The number of amides is 1. The van der Waals surface area contributed by atoms with Crippen LogP contribution >= 0.6 is 0 Å². The van der Waals surface area contributed by atoms with Crippen molar-refractivity contribution in [2.45, 2.75) is 58.6 Å². The molecule has 1 heterocycles. The summed E-state index contributed by atoms with van der Waals surface area (Å²) in [5, 5.41) is 2.96. The highest BCUT2D eigenvalue weighted by Crippen LogP contribution is 2.28. The number of hydrogen-bond acceptors (Lipinski definition) is 3. The zero-order valence-electron chi connectivity index (χ0n) is 11.5. The minimum Gasteiger partial charge on any atom is -0.376 e. The van der Waals surface area contributed by atoms with Gasteiger partial charge in [-0.3, -0.25) is 4.79 Å². The number of hydrogen-bond donors (Lipinski definition) is 2. The lowest BCUT2D eigenvalue weighted by atomic mass is 9.74. The Labute approximate surface area is 104 Å². The van der Waals surface area contributed by atoms with E-state index in [1.165, 1.54) is 6.42 Å². The van der Waals surface area contributed by atoms with Crippen molar-refractivity contribution < 1.29 is 9.53 Å². The lowest BCUT2D eigenvalue weighted by molar-refractivity contribution is -0.133. The van der Waals surface area contributed by atoms with Crippen LogP contribution in [-0.2, 0) is 9.53 Å². The molecule has 0 aliphatic carbocycles. The van der Waals surface area contributed by atoms with E-state index in [0.29, 0.717) is 6.54 Å². The van der Waals surface area contributed by atoms with Gasteiger partial charge < -0.3 is 15.8 Å². The summed E-state index contributed by atoms with van der Waals surface area (Å²) < 4.78 is 5.58. The number of carbonyl (C=O) groups is 1. The summed E-state index contributed by atoms with van der Waals surface area (Å²) in [4.78, 5) is 12.1. The molecule has 0 saturated carbocycles. The van der Waals surface area contributed by atoms with Gasteiger partial charge in [0.1, 0.15) is 0 Å². The highest BCUT2D eigenvalue weighted by atomic mass is 16.5. The fourth-order valence-corrected chi connectivity index (χ4v) is 1.69. The molecular weight excluding hydrogens is 216 g/mol. The topological polar surface area (TPSA) is 64.4 Å². The van der Waals surface area contributed by atoms with Crippen molar-refractivity contribution in [3.8, 4) is 0 Å². The van der Waals surface area contributed by atoms with Gasteiger partial charge in [0.05, 0.1) is 11.5 Å². The van der Waals surface area contributed by atoms with Crippen LogP contribution < -0.4 is 11.1 Å². The van der Waals surface area contributed by atoms with Crippen molar-refractivity contribution in [2.75, 3.05) is 13.2 Å². The van der Waals surface area contributed by atoms with Gasteiger partial charge in [-0.2, -0.15) is 0 Å².